The van der Waals surface area contributed by atoms with Crippen molar-refractivity contribution in [2.24, 2.45) is 0 Å². The van der Waals surface area contributed by atoms with Crippen LogP contribution in [-0.4, -0.2) is 18.6 Å². The second-order valence-corrected chi connectivity index (χ2v) is 3.75. The van der Waals surface area contributed by atoms with Crippen molar-refractivity contribution < 1.29 is 19.1 Å². The lowest BCUT2D eigenvalue weighted by molar-refractivity contribution is -0.138. The molecule has 1 N–H and O–H groups in total. The van der Waals surface area contributed by atoms with E-state index in [2.05, 4.69) is 16.6 Å². The van der Waals surface area contributed by atoms with Crippen molar-refractivity contribution in [3.63, 3.8) is 0 Å². The lowest BCUT2D eigenvalue weighted by atomic mass is 10.2. The number of rotatable bonds is 7. The van der Waals surface area contributed by atoms with E-state index in [-0.39, 0.29) is 19.0 Å². The second kappa shape index (κ2) is 8.74. The third kappa shape index (κ3) is 6.88. The molecule has 0 atom stereocenters. The van der Waals surface area contributed by atoms with Gasteiger partial charge < -0.3 is 14.8 Å². The lowest BCUT2D eigenvalue weighted by Crippen LogP contribution is -2.25. The Labute approximate surface area is 112 Å². The summed E-state index contributed by atoms with van der Waals surface area (Å²) in [5.74, 6) is -0.366. The largest absolute Gasteiger partial charge is 0.445 e. The molecular formula is C14H17NO4. The molecule has 19 heavy (non-hydrogen) atoms. The van der Waals surface area contributed by atoms with Crippen LogP contribution >= 0.6 is 0 Å². The summed E-state index contributed by atoms with van der Waals surface area (Å²) in [5.41, 5.74) is 0.923. The first-order chi connectivity index (χ1) is 9.22. The Morgan fingerprint density at radius 1 is 1.26 bits per heavy atom. The Balaban J connectivity index is 2.08. The lowest BCUT2D eigenvalue weighted by Gasteiger charge is -2.06. The number of benzene rings is 1. The molecule has 5 heteroatoms. The van der Waals surface area contributed by atoms with E-state index in [0.29, 0.717) is 13.0 Å². The van der Waals surface area contributed by atoms with E-state index in [4.69, 9.17) is 4.74 Å². The average molecular weight is 263 g/mol. The minimum atomic E-state index is -0.499. The fourth-order valence-corrected chi connectivity index (χ4v) is 1.35. The highest BCUT2D eigenvalue weighted by Crippen LogP contribution is 2.00. The van der Waals surface area contributed by atoms with Gasteiger partial charge in [-0.05, 0) is 12.0 Å². The molecule has 1 amide bonds. The Bertz CT molecular complexity index is 417. The Hall–Kier alpha value is -2.30. The quantitative estimate of drug-likeness (QED) is 0.466. The maximum Gasteiger partial charge on any atom is 0.407 e. The highest BCUT2D eigenvalue weighted by molar-refractivity contribution is 5.70. The monoisotopic (exact) mass is 263 g/mol. The Morgan fingerprint density at radius 2 is 2.00 bits per heavy atom. The van der Waals surface area contributed by atoms with Gasteiger partial charge in [0.25, 0.3) is 0 Å². The summed E-state index contributed by atoms with van der Waals surface area (Å²) < 4.78 is 9.54. The molecule has 0 spiro atoms. The molecule has 0 radical (unpaired) electrons. The molecular weight excluding hydrogens is 246 g/mol. The second-order valence-electron chi connectivity index (χ2n) is 3.75. The molecule has 0 aliphatic carbocycles. The van der Waals surface area contributed by atoms with E-state index in [1.54, 1.807) is 0 Å². The molecule has 0 saturated carbocycles. The summed E-state index contributed by atoms with van der Waals surface area (Å²) in [6.07, 6.45) is 1.31. The first-order valence-electron chi connectivity index (χ1n) is 5.97. The third-order valence-corrected chi connectivity index (χ3v) is 2.25. The van der Waals surface area contributed by atoms with Crippen LogP contribution in [0.3, 0.4) is 0 Å². The Kier molecular flexibility index (Phi) is 6.79. The van der Waals surface area contributed by atoms with Gasteiger partial charge in [0.2, 0.25) is 0 Å². The maximum absolute atomic E-state index is 11.3. The summed E-state index contributed by atoms with van der Waals surface area (Å²) >= 11 is 0. The minimum absolute atomic E-state index is 0.227. The molecule has 0 saturated heterocycles. The maximum atomic E-state index is 11.3. The number of esters is 1. The van der Waals surface area contributed by atoms with Crippen LogP contribution in [0.25, 0.3) is 0 Å². The summed E-state index contributed by atoms with van der Waals surface area (Å²) in [6, 6.07) is 9.40. The number of carbonyl (C=O) groups excluding carboxylic acids is 2. The number of nitrogens with one attached hydrogen (secondary N) is 1. The van der Waals surface area contributed by atoms with Gasteiger partial charge >= 0.3 is 12.1 Å². The average Bonchev–Trinajstić information content (AvgIpc) is 2.43. The number of alkyl carbamates (subject to hydrolysis) is 1. The minimum Gasteiger partial charge on any atom is -0.445 e. The number of hydrogen-bond acceptors (Lipinski definition) is 4. The van der Waals surface area contributed by atoms with Crippen molar-refractivity contribution in [2.45, 2.75) is 19.4 Å². The van der Waals surface area contributed by atoms with E-state index in [0.717, 1.165) is 11.8 Å². The highest BCUT2D eigenvalue weighted by atomic mass is 16.5. The summed E-state index contributed by atoms with van der Waals surface area (Å²) in [4.78, 5) is 22.3. The van der Waals surface area contributed by atoms with Gasteiger partial charge in [-0.1, -0.05) is 36.9 Å². The van der Waals surface area contributed by atoms with Gasteiger partial charge in [0, 0.05) is 13.0 Å². The summed E-state index contributed by atoms with van der Waals surface area (Å²) in [7, 11) is 0. The predicted octanol–water partition coefficient (Wildman–Crippen LogP) is 2.38. The zero-order valence-corrected chi connectivity index (χ0v) is 10.6. The first kappa shape index (κ1) is 14.8. The summed E-state index contributed by atoms with van der Waals surface area (Å²) in [6.45, 7) is 3.87. The molecule has 0 bridgehead atoms. The van der Waals surface area contributed by atoms with Crippen LogP contribution in [0.15, 0.2) is 43.2 Å². The van der Waals surface area contributed by atoms with Gasteiger partial charge in [0.15, 0.2) is 0 Å². The van der Waals surface area contributed by atoms with E-state index < -0.39 is 6.09 Å². The van der Waals surface area contributed by atoms with Crippen LogP contribution in [0.4, 0.5) is 4.79 Å². The fourth-order valence-electron chi connectivity index (χ4n) is 1.35. The molecule has 0 unspecified atom stereocenters. The van der Waals surface area contributed by atoms with Gasteiger partial charge in [-0.3, -0.25) is 4.79 Å². The first-order valence-corrected chi connectivity index (χ1v) is 5.97. The predicted molar refractivity (Wildman–Crippen MR) is 70.2 cm³/mol. The van der Waals surface area contributed by atoms with Crippen molar-refractivity contribution in [3.8, 4) is 0 Å². The SMILES string of the molecule is C=COC(=O)CCCNC(=O)OCc1ccccc1. The molecule has 0 heterocycles. The van der Waals surface area contributed by atoms with Gasteiger partial charge in [-0.25, -0.2) is 4.79 Å². The Morgan fingerprint density at radius 3 is 2.68 bits per heavy atom. The number of ether oxygens (including phenoxy) is 2. The molecule has 1 aromatic carbocycles. The third-order valence-electron chi connectivity index (χ3n) is 2.25. The topological polar surface area (TPSA) is 64.6 Å². The van der Waals surface area contributed by atoms with Crippen molar-refractivity contribution >= 4 is 12.1 Å². The van der Waals surface area contributed by atoms with Gasteiger partial charge in [-0.15, -0.1) is 0 Å². The molecule has 0 aliphatic heterocycles. The fraction of sp³-hybridized carbons (Fsp3) is 0.286. The molecule has 1 aromatic rings. The van der Waals surface area contributed by atoms with Crippen LogP contribution in [0.2, 0.25) is 0 Å². The van der Waals surface area contributed by atoms with Gasteiger partial charge in [-0.2, -0.15) is 0 Å². The van der Waals surface area contributed by atoms with Crippen molar-refractivity contribution in [1.29, 1.82) is 0 Å². The van der Waals surface area contributed by atoms with E-state index >= 15 is 0 Å². The normalized spacial score (nSPS) is 9.47. The smallest absolute Gasteiger partial charge is 0.407 e. The van der Waals surface area contributed by atoms with E-state index in [1.165, 1.54) is 0 Å². The van der Waals surface area contributed by atoms with Crippen molar-refractivity contribution in [2.75, 3.05) is 6.54 Å². The summed E-state index contributed by atoms with van der Waals surface area (Å²) in [5, 5.41) is 2.56. The molecule has 0 aromatic heterocycles. The highest BCUT2D eigenvalue weighted by Gasteiger charge is 2.04. The van der Waals surface area contributed by atoms with E-state index in [9.17, 15) is 9.59 Å². The standard InChI is InChI=1S/C14H17NO4/c1-2-18-13(16)9-6-10-15-14(17)19-11-12-7-4-3-5-8-12/h2-5,7-8H,1,6,9-11H2,(H,15,17). The van der Waals surface area contributed by atoms with Crippen LogP contribution in [0.1, 0.15) is 18.4 Å². The van der Waals surface area contributed by atoms with Crippen molar-refractivity contribution in [1.82, 2.24) is 5.32 Å². The molecule has 1 rings (SSSR count). The van der Waals surface area contributed by atoms with Crippen molar-refractivity contribution in [3.05, 3.63) is 48.7 Å². The van der Waals surface area contributed by atoms with Crippen LogP contribution in [0, 0.1) is 0 Å². The zero-order chi connectivity index (χ0) is 13.9. The van der Waals surface area contributed by atoms with Gasteiger partial charge in [0.05, 0.1) is 6.26 Å². The molecule has 0 aliphatic rings. The number of carbonyl (C=O) groups is 2. The van der Waals surface area contributed by atoms with Gasteiger partial charge in [0.1, 0.15) is 6.61 Å². The van der Waals surface area contributed by atoms with E-state index in [1.807, 2.05) is 30.3 Å². The van der Waals surface area contributed by atoms with Crippen LogP contribution in [0.5, 0.6) is 0 Å². The molecule has 102 valence electrons. The number of hydrogen-bond donors (Lipinski definition) is 1. The zero-order valence-electron chi connectivity index (χ0n) is 10.6. The molecule has 0 fully saturated rings. The number of amides is 1. The molecule has 5 nitrogen and oxygen atoms in total. The van der Waals surface area contributed by atoms with Crippen LogP contribution in [-0.2, 0) is 20.9 Å². The van der Waals surface area contributed by atoms with Crippen LogP contribution < -0.4 is 5.32 Å².